The SMILES string of the molecule is Cc1cc(N2CCN(c3ccccc3)CC2)n2ncc(-c3ccc(Cl)cc3)c2n1. The van der Waals surface area contributed by atoms with Gasteiger partial charge in [-0.05, 0) is 36.8 Å². The summed E-state index contributed by atoms with van der Waals surface area (Å²) in [5.41, 5.74) is 5.26. The summed E-state index contributed by atoms with van der Waals surface area (Å²) in [6, 6.07) is 20.6. The van der Waals surface area contributed by atoms with Crippen LogP contribution in [-0.4, -0.2) is 40.8 Å². The summed E-state index contributed by atoms with van der Waals surface area (Å²) in [5, 5.41) is 5.40. The number of aromatic nitrogens is 3. The highest BCUT2D eigenvalue weighted by Gasteiger charge is 2.21. The number of halogens is 1. The van der Waals surface area contributed by atoms with E-state index in [2.05, 4.69) is 51.3 Å². The fourth-order valence-electron chi connectivity index (χ4n) is 3.96. The first-order valence-corrected chi connectivity index (χ1v) is 10.2. The number of nitrogens with zero attached hydrogens (tertiary/aromatic N) is 5. The fraction of sp³-hybridized carbons (Fsp3) is 0.217. The Morgan fingerprint density at radius 1 is 0.862 bits per heavy atom. The van der Waals surface area contributed by atoms with Gasteiger partial charge < -0.3 is 9.80 Å². The van der Waals surface area contributed by atoms with Crippen molar-refractivity contribution in [2.24, 2.45) is 0 Å². The van der Waals surface area contributed by atoms with Gasteiger partial charge in [-0.3, -0.25) is 0 Å². The summed E-state index contributed by atoms with van der Waals surface area (Å²) < 4.78 is 1.97. The first kappa shape index (κ1) is 18.0. The predicted molar refractivity (Wildman–Crippen MR) is 119 cm³/mol. The fourth-order valence-corrected chi connectivity index (χ4v) is 4.08. The molecule has 29 heavy (non-hydrogen) atoms. The Kier molecular flexibility index (Phi) is 4.60. The van der Waals surface area contributed by atoms with E-state index in [1.807, 2.05) is 41.9 Å². The zero-order chi connectivity index (χ0) is 19.8. The van der Waals surface area contributed by atoms with Gasteiger partial charge in [0.15, 0.2) is 5.65 Å². The van der Waals surface area contributed by atoms with Gasteiger partial charge in [0.1, 0.15) is 5.82 Å². The van der Waals surface area contributed by atoms with E-state index in [0.717, 1.165) is 59.5 Å². The van der Waals surface area contributed by atoms with Crippen LogP contribution in [0.5, 0.6) is 0 Å². The number of piperazine rings is 1. The summed E-state index contributed by atoms with van der Waals surface area (Å²) in [6.07, 6.45) is 1.90. The number of benzene rings is 2. The number of fused-ring (bicyclic) bond motifs is 1. The first-order chi connectivity index (χ1) is 14.2. The molecule has 2 aromatic heterocycles. The van der Waals surface area contributed by atoms with Crippen molar-refractivity contribution in [3.8, 4) is 11.1 Å². The maximum absolute atomic E-state index is 6.05. The Hall–Kier alpha value is -3.05. The van der Waals surface area contributed by atoms with Gasteiger partial charge in [-0.15, -0.1) is 0 Å². The second-order valence-corrected chi connectivity index (χ2v) is 7.80. The zero-order valence-electron chi connectivity index (χ0n) is 16.3. The first-order valence-electron chi connectivity index (χ1n) is 9.85. The molecule has 1 fully saturated rings. The molecule has 0 amide bonds. The van der Waals surface area contributed by atoms with E-state index in [0.29, 0.717) is 0 Å². The summed E-state index contributed by atoms with van der Waals surface area (Å²) in [5.74, 6) is 1.10. The molecule has 2 aromatic carbocycles. The van der Waals surface area contributed by atoms with Crippen LogP contribution in [0.4, 0.5) is 11.5 Å². The van der Waals surface area contributed by atoms with Crippen molar-refractivity contribution in [1.29, 1.82) is 0 Å². The number of aryl methyl sites for hydroxylation is 1. The lowest BCUT2D eigenvalue weighted by molar-refractivity contribution is 0.638. The van der Waals surface area contributed by atoms with Crippen molar-refractivity contribution in [1.82, 2.24) is 14.6 Å². The van der Waals surface area contributed by atoms with Crippen LogP contribution >= 0.6 is 11.6 Å². The van der Waals surface area contributed by atoms with Crippen molar-refractivity contribution in [3.05, 3.63) is 77.6 Å². The Bertz CT molecular complexity index is 1130. The van der Waals surface area contributed by atoms with E-state index < -0.39 is 0 Å². The third-order valence-corrected chi connectivity index (χ3v) is 5.71. The Morgan fingerprint density at radius 2 is 1.55 bits per heavy atom. The molecule has 0 saturated carbocycles. The van der Waals surface area contributed by atoms with Crippen LogP contribution in [0.15, 0.2) is 66.9 Å². The number of hydrogen-bond acceptors (Lipinski definition) is 4. The molecule has 0 bridgehead atoms. The highest BCUT2D eigenvalue weighted by Crippen LogP contribution is 2.28. The average molecular weight is 404 g/mol. The molecule has 146 valence electrons. The van der Waals surface area contributed by atoms with E-state index in [1.165, 1.54) is 5.69 Å². The Morgan fingerprint density at radius 3 is 2.28 bits per heavy atom. The van der Waals surface area contributed by atoms with Crippen LogP contribution in [0.2, 0.25) is 5.02 Å². The number of anilines is 2. The standard InChI is InChI=1S/C23H22ClN5/c1-17-15-22(28-13-11-27(12-14-28)20-5-3-2-4-6-20)29-23(26-17)21(16-25-29)18-7-9-19(24)10-8-18/h2-10,15-16H,11-14H2,1H3. The van der Waals surface area contributed by atoms with Crippen LogP contribution in [0, 0.1) is 6.92 Å². The molecule has 4 aromatic rings. The topological polar surface area (TPSA) is 36.7 Å². The van der Waals surface area contributed by atoms with Crippen LogP contribution < -0.4 is 9.80 Å². The highest BCUT2D eigenvalue weighted by atomic mass is 35.5. The minimum Gasteiger partial charge on any atom is -0.368 e. The van der Waals surface area contributed by atoms with Crippen molar-refractivity contribution < 1.29 is 0 Å². The molecule has 6 heteroatoms. The second kappa shape index (κ2) is 7.41. The number of para-hydroxylation sites is 1. The molecule has 0 spiro atoms. The van der Waals surface area contributed by atoms with Crippen molar-refractivity contribution >= 4 is 28.8 Å². The normalized spacial score (nSPS) is 14.6. The minimum atomic E-state index is 0.728. The third-order valence-electron chi connectivity index (χ3n) is 5.46. The van der Waals surface area contributed by atoms with Gasteiger partial charge in [-0.1, -0.05) is 41.9 Å². The van der Waals surface area contributed by atoms with E-state index in [1.54, 1.807) is 0 Å². The van der Waals surface area contributed by atoms with E-state index in [-0.39, 0.29) is 0 Å². The molecule has 1 aliphatic heterocycles. The highest BCUT2D eigenvalue weighted by molar-refractivity contribution is 6.30. The monoisotopic (exact) mass is 403 g/mol. The van der Waals surface area contributed by atoms with Gasteiger partial charge in [0.2, 0.25) is 0 Å². The van der Waals surface area contributed by atoms with Crippen molar-refractivity contribution in [2.45, 2.75) is 6.92 Å². The van der Waals surface area contributed by atoms with Crippen LogP contribution in [0.25, 0.3) is 16.8 Å². The maximum atomic E-state index is 6.05. The minimum absolute atomic E-state index is 0.728. The summed E-state index contributed by atoms with van der Waals surface area (Å²) >= 11 is 6.05. The molecule has 0 radical (unpaired) electrons. The maximum Gasteiger partial charge on any atom is 0.165 e. The molecule has 0 N–H and O–H groups in total. The molecule has 5 rings (SSSR count). The Labute approximate surface area is 175 Å². The summed E-state index contributed by atoms with van der Waals surface area (Å²) in [7, 11) is 0. The van der Waals surface area contributed by atoms with Gasteiger partial charge in [0.25, 0.3) is 0 Å². The van der Waals surface area contributed by atoms with E-state index in [9.17, 15) is 0 Å². The molecule has 3 heterocycles. The van der Waals surface area contributed by atoms with Crippen LogP contribution in [0.3, 0.4) is 0 Å². The molecular weight excluding hydrogens is 382 g/mol. The average Bonchev–Trinajstić information content (AvgIpc) is 3.18. The molecule has 1 saturated heterocycles. The molecule has 0 atom stereocenters. The molecule has 0 aliphatic carbocycles. The van der Waals surface area contributed by atoms with Gasteiger partial charge in [0.05, 0.1) is 6.20 Å². The van der Waals surface area contributed by atoms with Gasteiger partial charge in [-0.25, -0.2) is 4.98 Å². The van der Waals surface area contributed by atoms with Gasteiger partial charge in [-0.2, -0.15) is 9.61 Å². The predicted octanol–water partition coefficient (Wildman–Crippen LogP) is 4.68. The smallest absolute Gasteiger partial charge is 0.165 e. The second-order valence-electron chi connectivity index (χ2n) is 7.37. The molecular formula is C23H22ClN5. The van der Waals surface area contributed by atoms with Gasteiger partial charge >= 0.3 is 0 Å². The summed E-state index contributed by atoms with van der Waals surface area (Å²) in [4.78, 5) is 9.62. The van der Waals surface area contributed by atoms with Crippen LogP contribution in [0.1, 0.15) is 5.69 Å². The van der Waals surface area contributed by atoms with Crippen molar-refractivity contribution in [2.75, 3.05) is 36.0 Å². The van der Waals surface area contributed by atoms with E-state index >= 15 is 0 Å². The molecule has 0 unspecified atom stereocenters. The lowest BCUT2D eigenvalue weighted by Crippen LogP contribution is -2.47. The summed E-state index contributed by atoms with van der Waals surface area (Å²) in [6.45, 7) is 5.91. The van der Waals surface area contributed by atoms with Crippen molar-refractivity contribution in [3.63, 3.8) is 0 Å². The Balaban J connectivity index is 1.46. The number of hydrogen-bond donors (Lipinski definition) is 0. The van der Waals surface area contributed by atoms with E-state index in [4.69, 9.17) is 16.6 Å². The lowest BCUT2D eigenvalue weighted by atomic mass is 10.1. The molecule has 1 aliphatic rings. The lowest BCUT2D eigenvalue weighted by Gasteiger charge is -2.37. The van der Waals surface area contributed by atoms with Crippen LogP contribution in [-0.2, 0) is 0 Å². The molecule has 5 nitrogen and oxygen atoms in total. The largest absolute Gasteiger partial charge is 0.368 e. The quantitative estimate of drug-likeness (QED) is 0.497. The number of rotatable bonds is 3. The zero-order valence-corrected chi connectivity index (χ0v) is 17.0. The van der Waals surface area contributed by atoms with Gasteiger partial charge in [0, 0.05) is 54.2 Å². The third kappa shape index (κ3) is 3.42.